The van der Waals surface area contributed by atoms with Crippen LogP contribution in [0.4, 0.5) is 0 Å². The molecule has 0 bridgehead atoms. The lowest BCUT2D eigenvalue weighted by Crippen LogP contribution is -1.80. The molecule has 0 saturated carbocycles. The lowest BCUT2D eigenvalue weighted by atomic mass is 10.2. The molecule has 0 spiro atoms. The van der Waals surface area contributed by atoms with Gasteiger partial charge < -0.3 is 0 Å². The molecular weight excluding hydrogens is 164 g/mol. The Labute approximate surface area is 78.7 Å². The first kappa shape index (κ1) is 9.40. The fraction of sp³-hybridized carbons (Fsp3) is 0.273. The van der Waals surface area contributed by atoms with Crippen molar-refractivity contribution in [3.63, 3.8) is 0 Å². The van der Waals surface area contributed by atoms with Gasteiger partial charge in [0, 0.05) is 10.6 Å². The van der Waals surface area contributed by atoms with Crippen LogP contribution in [0.15, 0.2) is 35.7 Å². The summed E-state index contributed by atoms with van der Waals surface area (Å²) in [5.74, 6) is 0.989. The molecule has 0 N–H and O–H groups in total. The molecule has 0 amide bonds. The molecule has 1 heteroatoms. The van der Waals surface area contributed by atoms with E-state index >= 15 is 0 Å². The smallest absolute Gasteiger partial charge is 0.0158 e. The number of benzene rings is 1. The lowest BCUT2D eigenvalue weighted by molar-refractivity contribution is 1.29. The fourth-order valence-electron chi connectivity index (χ4n) is 1.17. The van der Waals surface area contributed by atoms with Gasteiger partial charge in [-0.1, -0.05) is 12.1 Å². The largest absolute Gasteiger partial charge is 0.122 e. The van der Waals surface area contributed by atoms with Gasteiger partial charge >= 0.3 is 0 Å². The second-order valence-electron chi connectivity index (χ2n) is 2.92. The van der Waals surface area contributed by atoms with Crippen LogP contribution in [-0.2, 0) is 0 Å². The predicted molar refractivity (Wildman–Crippen MR) is 56.8 cm³/mol. The van der Waals surface area contributed by atoms with Crippen LogP contribution in [0.3, 0.4) is 0 Å². The van der Waals surface area contributed by atoms with E-state index in [0.717, 1.165) is 5.75 Å². The topological polar surface area (TPSA) is 0 Å². The van der Waals surface area contributed by atoms with Gasteiger partial charge in [-0.25, -0.2) is 0 Å². The van der Waals surface area contributed by atoms with Gasteiger partial charge in [0.25, 0.3) is 0 Å². The average Bonchev–Trinajstić information content (AvgIpc) is 1.99. The van der Waals surface area contributed by atoms with Gasteiger partial charge in [0.15, 0.2) is 0 Å². The zero-order chi connectivity index (χ0) is 8.97. The minimum Gasteiger partial charge on any atom is -0.122 e. The summed E-state index contributed by atoms with van der Waals surface area (Å²) in [6, 6.07) is 6.61. The van der Waals surface area contributed by atoms with E-state index in [1.54, 1.807) is 0 Å². The first-order chi connectivity index (χ1) is 5.72. The van der Waals surface area contributed by atoms with Gasteiger partial charge in [-0.05, 0) is 37.1 Å². The highest BCUT2D eigenvalue weighted by molar-refractivity contribution is 7.99. The Balaban J connectivity index is 2.78. The summed E-state index contributed by atoms with van der Waals surface area (Å²) in [4.78, 5) is 1.34. The van der Waals surface area contributed by atoms with E-state index in [2.05, 4.69) is 38.6 Å². The molecule has 0 aliphatic carbocycles. The fourth-order valence-corrected chi connectivity index (χ4v) is 2.02. The van der Waals surface area contributed by atoms with E-state index in [0.29, 0.717) is 0 Å². The monoisotopic (exact) mass is 178 g/mol. The minimum atomic E-state index is 0.989. The molecule has 64 valence electrons. The van der Waals surface area contributed by atoms with E-state index in [-0.39, 0.29) is 0 Å². The van der Waals surface area contributed by atoms with E-state index in [1.165, 1.54) is 16.0 Å². The van der Waals surface area contributed by atoms with Crippen LogP contribution >= 0.6 is 11.8 Å². The third-order valence-corrected chi connectivity index (χ3v) is 2.53. The Morgan fingerprint density at radius 1 is 1.25 bits per heavy atom. The van der Waals surface area contributed by atoms with Crippen molar-refractivity contribution in [3.8, 4) is 0 Å². The third kappa shape index (κ3) is 2.74. The molecule has 1 aromatic rings. The van der Waals surface area contributed by atoms with Gasteiger partial charge in [-0.15, -0.1) is 18.3 Å². The molecule has 12 heavy (non-hydrogen) atoms. The summed E-state index contributed by atoms with van der Waals surface area (Å²) >= 11 is 1.83. The summed E-state index contributed by atoms with van der Waals surface area (Å²) in [5.41, 5.74) is 2.67. The molecular formula is C11H14S. The Hall–Kier alpha value is -0.690. The van der Waals surface area contributed by atoms with Crippen LogP contribution in [0.2, 0.25) is 0 Å². The van der Waals surface area contributed by atoms with E-state index in [9.17, 15) is 0 Å². The normalized spacial score (nSPS) is 9.83. The van der Waals surface area contributed by atoms with Crippen LogP contribution in [-0.4, -0.2) is 5.75 Å². The van der Waals surface area contributed by atoms with Gasteiger partial charge in [0.05, 0.1) is 0 Å². The highest BCUT2D eigenvalue weighted by Gasteiger charge is 1.94. The number of thioether (sulfide) groups is 1. The van der Waals surface area contributed by atoms with E-state index < -0.39 is 0 Å². The van der Waals surface area contributed by atoms with Gasteiger partial charge in [-0.3, -0.25) is 0 Å². The summed E-state index contributed by atoms with van der Waals surface area (Å²) in [6.07, 6.45) is 1.93. The maximum absolute atomic E-state index is 3.70. The molecule has 0 unspecified atom stereocenters. The Kier molecular flexibility index (Phi) is 3.42. The molecule has 0 heterocycles. The molecule has 0 aliphatic heterocycles. The molecule has 0 saturated heterocycles. The SMILES string of the molecule is C=CCSc1cc(C)cc(C)c1. The zero-order valence-corrected chi connectivity index (χ0v) is 8.45. The second kappa shape index (κ2) is 4.36. The lowest BCUT2D eigenvalue weighted by Gasteiger charge is -2.02. The highest BCUT2D eigenvalue weighted by atomic mass is 32.2. The number of hydrogen-bond donors (Lipinski definition) is 0. The summed E-state index contributed by atoms with van der Waals surface area (Å²) < 4.78 is 0. The highest BCUT2D eigenvalue weighted by Crippen LogP contribution is 2.20. The van der Waals surface area contributed by atoms with Crippen LogP contribution in [0.1, 0.15) is 11.1 Å². The van der Waals surface area contributed by atoms with Gasteiger partial charge in [0.1, 0.15) is 0 Å². The van der Waals surface area contributed by atoms with E-state index in [1.807, 2.05) is 17.8 Å². The first-order valence-corrected chi connectivity index (χ1v) is 5.03. The second-order valence-corrected chi connectivity index (χ2v) is 4.02. The molecule has 1 rings (SSSR count). The Morgan fingerprint density at radius 2 is 1.83 bits per heavy atom. The Morgan fingerprint density at radius 3 is 2.33 bits per heavy atom. The van der Waals surface area contributed by atoms with Crippen molar-refractivity contribution in [2.24, 2.45) is 0 Å². The standard InChI is InChI=1S/C11H14S/c1-4-5-12-11-7-9(2)6-10(3)8-11/h4,6-8H,1,5H2,2-3H3. The molecule has 0 atom stereocenters. The quantitative estimate of drug-likeness (QED) is 0.503. The number of aryl methyl sites for hydroxylation is 2. The maximum Gasteiger partial charge on any atom is 0.0158 e. The predicted octanol–water partition coefficient (Wildman–Crippen LogP) is 3.58. The van der Waals surface area contributed by atoms with Crippen molar-refractivity contribution in [3.05, 3.63) is 42.0 Å². The van der Waals surface area contributed by atoms with Crippen molar-refractivity contribution < 1.29 is 0 Å². The van der Waals surface area contributed by atoms with Crippen molar-refractivity contribution >= 4 is 11.8 Å². The Bertz CT molecular complexity index is 256. The third-order valence-electron chi connectivity index (χ3n) is 1.56. The van der Waals surface area contributed by atoms with Crippen molar-refractivity contribution in [2.75, 3.05) is 5.75 Å². The molecule has 0 nitrogen and oxygen atoms in total. The summed E-state index contributed by atoms with van der Waals surface area (Å²) in [7, 11) is 0. The van der Waals surface area contributed by atoms with Crippen LogP contribution in [0.5, 0.6) is 0 Å². The van der Waals surface area contributed by atoms with Crippen molar-refractivity contribution in [1.82, 2.24) is 0 Å². The number of hydrogen-bond acceptors (Lipinski definition) is 1. The molecule has 0 aromatic heterocycles. The average molecular weight is 178 g/mol. The molecule has 1 aromatic carbocycles. The van der Waals surface area contributed by atoms with Crippen LogP contribution in [0, 0.1) is 13.8 Å². The molecule has 0 radical (unpaired) electrons. The van der Waals surface area contributed by atoms with Gasteiger partial charge in [0.2, 0.25) is 0 Å². The van der Waals surface area contributed by atoms with Gasteiger partial charge in [-0.2, -0.15) is 0 Å². The summed E-state index contributed by atoms with van der Waals surface area (Å²) in [5, 5.41) is 0. The first-order valence-electron chi connectivity index (χ1n) is 4.04. The maximum atomic E-state index is 3.70. The van der Waals surface area contributed by atoms with Crippen LogP contribution in [0.25, 0.3) is 0 Å². The van der Waals surface area contributed by atoms with Crippen molar-refractivity contribution in [2.45, 2.75) is 18.7 Å². The van der Waals surface area contributed by atoms with E-state index in [4.69, 9.17) is 0 Å². The number of rotatable bonds is 3. The minimum absolute atomic E-state index is 0.989. The molecule has 0 aliphatic rings. The molecule has 0 fully saturated rings. The van der Waals surface area contributed by atoms with Crippen molar-refractivity contribution in [1.29, 1.82) is 0 Å². The van der Waals surface area contributed by atoms with Crippen LogP contribution < -0.4 is 0 Å². The zero-order valence-electron chi connectivity index (χ0n) is 7.63. The summed E-state index contributed by atoms with van der Waals surface area (Å²) in [6.45, 7) is 7.96.